The van der Waals surface area contributed by atoms with Crippen molar-refractivity contribution in [3.63, 3.8) is 0 Å². The minimum atomic E-state index is -0.893. The van der Waals surface area contributed by atoms with Gasteiger partial charge in [0.1, 0.15) is 12.7 Å². The van der Waals surface area contributed by atoms with Crippen molar-refractivity contribution in [1.82, 2.24) is 15.1 Å². The van der Waals surface area contributed by atoms with Crippen LogP contribution in [-0.4, -0.2) is 27.9 Å². The maximum Gasteiger partial charge on any atom is 0.242 e. The Balaban J connectivity index is 1.82. The van der Waals surface area contributed by atoms with E-state index in [1.807, 2.05) is 0 Å². The Hall–Kier alpha value is -1.39. The predicted octanol–water partition coefficient (Wildman–Crippen LogP) is 1.28. The van der Waals surface area contributed by atoms with Gasteiger partial charge in [-0.1, -0.05) is 12.8 Å². The Morgan fingerprint density at radius 1 is 1.50 bits per heavy atom. The molecule has 2 atom stereocenters. The van der Waals surface area contributed by atoms with Crippen molar-refractivity contribution < 1.29 is 9.18 Å². The zero-order valence-corrected chi connectivity index (χ0v) is 9.10. The monoisotopic (exact) mass is 225 g/mol. The Morgan fingerprint density at radius 3 is 3.00 bits per heavy atom. The summed E-state index contributed by atoms with van der Waals surface area (Å²) in [5.74, 6) is -0.168. The zero-order chi connectivity index (χ0) is 11.4. The number of rotatable bonds is 3. The molecule has 0 spiro atoms. The van der Waals surface area contributed by atoms with Gasteiger partial charge in [-0.25, -0.2) is 4.39 Å². The molecule has 0 radical (unpaired) electrons. The van der Waals surface area contributed by atoms with Crippen LogP contribution in [0.25, 0.3) is 0 Å². The summed E-state index contributed by atoms with van der Waals surface area (Å²) in [4.78, 5) is 11.6. The third-order valence-corrected chi connectivity index (χ3v) is 2.89. The molecule has 16 heavy (non-hydrogen) atoms. The lowest BCUT2D eigenvalue weighted by Gasteiger charge is -2.26. The minimum Gasteiger partial charge on any atom is -0.349 e. The van der Waals surface area contributed by atoms with Gasteiger partial charge in [-0.2, -0.15) is 5.10 Å². The van der Waals surface area contributed by atoms with E-state index in [0.717, 1.165) is 19.3 Å². The largest absolute Gasteiger partial charge is 0.349 e. The number of carbonyl (C=O) groups is 1. The fourth-order valence-corrected chi connectivity index (χ4v) is 2.04. The number of amides is 1. The quantitative estimate of drug-likeness (QED) is 0.842. The third-order valence-electron chi connectivity index (χ3n) is 2.89. The van der Waals surface area contributed by atoms with E-state index in [-0.39, 0.29) is 18.5 Å². The van der Waals surface area contributed by atoms with E-state index in [2.05, 4.69) is 10.4 Å². The second-order valence-corrected chi connectivity index (χ2v) is 4.18. The maximum atomic E-state index is 13.5. The summed E-state index contributed by atoms with van der Waals surface area (Å²) in [5.41, 5.74) is 0. The van der Waals surface area contributed by atoms with Gasteiger partial charge in [0.25, 0.3) is 0 Å². The van der Waals surface area contributed by atoms with Crippen LogP contribution in [0.2, 0.25) is 0 Å². The molecule has 1 heterocycles. The van der Waals surface area contributed by atoms with E-state index in [1.54, 1.807) is 18.5 Å². The number of halogens is 1. The number of nitrogens with zero attached hydrogens (tertiary/aromatic N) is 2. The number of alkyl halides is 1. The van der Waals surface area contributed by atoms with Gasteiger partial charge in [-0.3, -0.25) is 9.48 Å². The molecule has 88 valence electrons. The molecule has 1 amide bonds. The number of hydrogen-bond acceptors (Lipinski definition) is 2. The van der Waals surface area contributed by atoms with E-state index >= 15 is 0 Å². The van der Waals surface area contributed by atoms with Crippen molar-refractivity contribution in [2.75, 3.05) is 0 Å². The third kappa shape index (κ3) is 2.81. The van der Waals surface area contributed by atoms with Crippen LogP contribution < -0.4 is 5.32 Å². The molecule has 1 aliphatic rings. The van der Waals surface area contributed by atoms with Crippen molar-refractivity contribution >= 4 is 5.91 Å². The number of aromatic nitrogens is 2. The minimum absolute atomic E-state index is 0.163. The molecule has 0 aromatic carbocycles. The Labute approximate surface area is 93.8 Å². The van der Waals surface area contributed by atoms with Gasteiger partial charge >= 0.3 is 0 Å². The summed E-state index contributed by atoms with van der Waals surface area (Å²) in [6, 6.07) is 1.45. The number of carbonyl (C=O) groups excluding carboxylic acids is 1. The normalized spacial score (nSPS) is 25.3. The van der Waals surface area contributed by atoms with Crippen LogP contribution in [0.1, 0.15) is 25.7 Å². The summed E-state index contributed by atoms with van der Waals surface area (Å²) in [5, 5.41) is 6.66. The van der Waals surface area contributed by atoms with Crippen LogP contribution in [0.4, 0.5) is 4.39 Å². The first-order valence-electron chi connectivity index (χ1n) is 5.66. The first-order chi connectivity index (χ1) is 7.75. The van der Waals surface area contributed by atoms with Gasteiger partial charge < -0.3 is 5.32 Å². The number of nitrogens with one attached hydrogen (secondary N) is 1. The van der Waals surface area contributed by atoms with Crippen LogP contribution in [0.3, 0.4) is 0 Å². The number of hydrogen-bond donors (Lipinski definition) is 1. The van der Waals surface area contributed by atoms with Gasteiger partial charge in [-0.15, -0.1) is 0 Å². The van der Waals surface area contributed by atoms with Crippen molar-refractivity contribution in [2.24, 2.45) is 0 Å². The van der Waals surface area contributed by atoms with Crippen molar-refractivity contribution in [1.29, 1.82) is 0 Å². The van der Waals surface area contributed by atoms with Crippen LogP contribution >= 0.6 is 0 Å². The second kappa shape index (κ2) is 5.09. The summed E-state index contributed by atoms with van der Waals surface area (Å²) in [6.45, 7) is 0.163. The fraction of sp³-hybridized carbons (Fsp3) is 0.636. The summed E-state index contributed by atoms with van der Waals surface area (Å²) in [6.07, 6.45) is 5.66. The molecule has 0 unspecified atom stereocenters. The lowest BCUT2D eigenvalue weighted by Crippen LogP contribution is -2.44. The lowest BCUT2D eigenvalue weighted by atomic mass is 9.93. The highest BCUT2D eigenvalue weighted by Gasteiger charge is 2.25. The molecule has 1 fully saturated rings. The van der Waals surface area contributed by atoms with Crippen LogP contribution in [-0.2, 0) is 11.3 Å². The topological polar surface area (TPSA) is 46.9 Å². The van der Waals surface area contributed by atoms with Crippen molar-refractivity contribution in [2.45, 2.75) is 44.4 Å². The molecule has 4 nitrogen and oxygen atoms in total. The van der Waals surface area contributed by atoms with E-state index < -0.39 is 6.17 Å². The van der Waals surface area contributed by atoms with Crippen molar-refractivity contribution in [3.8, 4) is 0 Å². The molecule has 0 saturated heterocycles. The summed E-state index contributed by atoms with van der Waals surface area (Å²) in [7, 11) is 0. The Bertz CT molecular complexity index is 339. The molecular weight excluding hydrogens is 209 g/mol. The molecule has 5 heteroatoms. The van der Waals surface area contributed by atoms with Crippen LogP contribution in [0.5, 0.6) is 0 Å². The molecule has 1 aromatic rings. The average Bonchev–Trinajstić information content (AvgIpc) is 2.74. The average molecular weight is 225 g/mol. The molecule has 0 aliphatic heterocycles. The van der Waals surface area contributed by atoms with Gasteiger partial charge in [-0.05, 0) is 18.9 Å². The molecule has 1 N–H and O–H groups in total. The standard InChI is InChI=1S/C11H16FN3O/c12-9-4-1-2-5-10(9)14-11(16)8-15-7-3-6-13-15/h3,6-7,9-10H,1-2,4-5,8H2,(H,14,16)/t9-,10-/m1/s1. The van der Waals surface area contributed by atoms with E-state index in [1.165, 1.54) is 4.68 Å². The summed E-state index contributed by atoms with van der Waals surface area (Å²) >= 11 is 0. The summed E-state index contributed by atoms with van der Waals surface area (Å²) < 4.78 is 15.0. The maximum absolute atomic E-state index is 13.5. The molecule has 0 bridgehead atoms. The van der Waals surface area contributed by atoms with Gasteiger partial charge in [0, 0.05) is 12.4 Å². The van der Waals surface area contributed by atoms with E-state index in [4.69, 9.17) is 0 Å². The molecule has 1 saturated carbocycles. The highest BCUT2D eigenvalue weighted by atomic mass is 19.1. The zero-order valence-electron chi connectivity index (χ0n) is 9.10. The SMILES string of the molecule is O=C(Cn1cccn1)N[C@@H]1CCCC[C@H]1F. The smallest absolute Gasteiger partial charge is 0.242 e. The first kappa shape index (κ1) is 11.1. The second-order valence-electron chi connectivity index (χ2n) is 4.18. The Kier molecular flexibility index (Phi) is 3.54. The highest BCUT2D eigenvalue weighted by Crippen LogP contribution is 2.20. The van der Waals surface area contributed by atoms with Crippen LogP contribution in [0.15, 0.2) is 18.5 Å². The van der Waals surface area contributed by atoms with Crippen LogP contribution in [0, 0.1) is 0 Å². The molecule has 1 aliphatic carbocycles. The molecule has 1 aromatic heterocycles. The van der Waals surface area contributed by atoms with Gasteiger partial charge in [0.2, 0.25) is 5.91 Å². The van der Waals surface area contributed by atoms with E-state index in [0.29, 0.717) is 6.42 Å². The highest BCUT2D eigenvalue weighted by molar-refractivity contribution is 5.76. The molecular formula is C11H16FN3O. The molecule has 2 rings (SSSR count). The van der Waals surface area contributed by atoms with E-state index in [9.17, 15) is 9.18 Å². The van der Waals surface area contributed by atoms with Gasteiger partial charge in [0.05, 0.1) is 6.04 Å². The lowest BCUT2D eigenvalue weighted by molar-refractivity contribution is -0.123. The predicted molar refractivity (Wildman–Crippen MR) is 57.5 cm³/mol. The Morgan fingerprint density at radius 2 is 2.31 bits per heavy atom. The van der Waals surface area contributed by atoms with Crippen molar-refractivity contribution in [3.05, 3.63) is 18.5 Å². The van der Waals surface area contributed by atoms with Gasteiger partial charge in [0.15, 0.2) is 0 Å². The fourth-order valence-electron chi connectivity index (χ4n) is 2.04. The first-order valence-corrected chi connectivity index (χ1v) is 5.66.